The van der Waals surface area contributed by atoms with E-state index in [0.29, 0.717) is 5.56 Å². The molecule has 6 heteroatoms. The van der Waals surface area contributed by atoms with Gasteiger partial charge in [0.15, 0.2) is 0 Å². The Morgan fingerprint density at radius 3 is 2.48 bits per heavy atom. The van der Waals surface area contributed by atoms with E-state index in [-0.39, 0.29) is 11.4 Å². The monoisotopic (exact) mass is 330 g/mol. The van der Waals surface area contributed by atoms with Crippen LogP contribution in [-0.2, 0) is 17.1 Å². The lowest BCUT2D eigenvalue weighted by Crippen LogP contribution is -2.28. The number of rotatable bonds is 5. The number of para-hydroxylation sites is 1. The molecule has 0 spiro atoms. The average molecular weight is 330 g/mol. The summed E-state index contributed by atoms with van der Waals surface area (Å²) in [5, 5.41) is 11.3. The Balaban J connectivity index is 1.81. The fourth-order valence-corrected chi connectivity index (χ4v) is 3.68. The van der Waals surface area contributed by atoms with Crippen LogP contribution in [-0.4, -0.2) is 24.6 Å². The van der Waals surface area contributed by atoms with Gasteiger partial charge in [-0.1, -0.05) is 36.4 Å². The first-order chi connectivity index (χ1) is 11.0. The lowest BCUT2D eigenvalue weighted by atomic mass is 10.1. The average Bonchev–Trinajstić information content (AvgIpc) is 2.91. The molecular weight excluding hydrogens is 312 g/mol. The van der Waals surface area contributed by atoms with Crippen LogP contribution < -0.4 is 4.72 Å². The molecule has 0 bridgehead atoms. The third kappa shape index (κ3) is 3.14. The molecule has 0 saturated heterocycles. The van der Waals surface area contributed by atoms with Gasteiger partial charge < -0.3 is 9.67 Å². The van der Waals surface area contributed by atoms with E-state index in [1.807, 2.05) is 42.1 Å². The number of aliphatic hydroxyl groups is 1. The summed E-state index contributed by atoms with van der Waals surface area (Å²) in [6, 6.07) is 15.8. The molecule has 0 saturated carbocycles. The van der Waals surface area contributed by atoms with Crippen LogP contribution in [0.4, 0.5) is 0 Å². The van der Waals surface area contributed by atoms with Crippen molar-refractivity contribution in [2.75, 3.05) is 6.54 Å². The Hall–Kier alpha value is -2.15. The van der Waals surface area contributed by atoms with Crippen LogP contribution in [0.3, 0.4) is 0 Å². The molecule has 0 fully saturated rings. The molecule has 1 unspecified atom stereocenters. The molecule has 0 aliphatic carbocycles. The number of hydrogen-bond donors (Lipinski definition) is 2. The van der Waals surface area contributed by atoms with Crippen LogP contribution in [0, 0.1) is 0 Å². The van der Waals surface area contributed by atoms with Crippen LogP contribution in [0.2, 0.25) is 0 Å². The maximum atomic E-state index is 12.2. The minimum Gasteiger partial charge on any atom is -0.387 e. The molecule has 0 aliphatic rings. The van der Waals surface area contributed by atoms with Gasteiger partial charge in [-0.15, -0.1) is 0 Å². The van der Waals surface area contributed by atoms with Crippen molar-refractivity contribution in [1.29, 1.82) is 0 Å². The molecule has 5 nitrogen and oxygen atoms in total. The number of benzene rings is 2. The highest BCUT2D eigenvalue weighted by Crippen LogP contribution is 2.25. The Morgan fingerprint density at radius 2 is 1.74 bits per heavy atom. The molecule has 120 valence electrons. The zero-order chi connectivity index (χ0) is 16.4. The predicted molar refractivity (Wildman–Crippen MR) is 89.5 cm³/mol. The van der Waals surface area contributed by atoms with Gasteiger partial charge in [-0.05, 0) is 18.2 Å². The number of nitrogens with one attached hydrogen (secondary N) is 1. The Kier molecular flexibility index (Phi) is 4.21. The topological polar surface area (TPSA) is 71.3 Å². The largest absolute Gasteiger partial charge is 0.387 e. The summed E-state index contributed by atoms with van der Waals surface area (Å²) in [5.74, 6) is 0. The molecule has 0 radical (unpaired) electrons. The van der Waals surface area contributed by atoms with E-state index in [2.05, 4.69) is 4.72 Å². The second-order valence-electron chi connectivity index (χ2n) is 5.39. The first-order valence-corrected chi connectivity index (χ1v) is 8.74. The molecule has 1 heterocycles. The third-order valence-electron chi connectivity index (χ3n) is 3.81. The van der Waals surface area contributed by atoms with Crippen molar-refractivity contribution >= 4 is 20.9 Å². The Labute approximate surface area is 135 Å². The van der Waals surface area contributed by atoms with Gasteiger partial charge in [0.2, 0.25) is 10.0 Å². The fourth-order valence-electron chi connectivity index (χ4n) is 2.62. The maximum absolute atomic E-state index is 12.2. The van der Waals surface area contributed by atoms with Crippen LogP contribution >= 0.6 is 0 Å². The van der Waals surface area contributed by atoms with Gasteiger partial charge in [0.1, 0.15) is 0 Å². The number of aliphatic hydroxyl groups excluding tert-OH is 1. The standard InChI is InChI=1S/C17H18N2O3S/c1-19-12-15(14-9-5-6-10-16(14)19)17(20)11-18-23(21,22)13-7-3-2-4-8-13/h2-10,12,17-18,20H,11H2,1H3. The molecular formula is C17H18N2O3S. The number of sulfonamides is 1. The van der Waals surface area contributed by atoms with Crippen molar-refractivity contribution in [1.82, 2.24) is 9.29 Å². The summed E-state index contributed by atoms with van der Waals surface area (Å²) in [6.45, 7) is -0.0781. The molecule has 23 heavy (non-hydrogen) atoms. The highest BCUT2D eigenvalue weighted by Gasteiger charge is 2.19. The summed E-state index contributed by atoms with van der Waals surface area (Å²) in [6.07, 6.45) is 0.908. The minimum absolute atomic E-state index is 0.0781. The number of aromatic nitrogens is 1. The van der Waals surface area contributed by atoms with Crippen LogP contribution in [0.15, 0.2) is 65.7 Å². The van der Waals surface area contributed by atoms with E-state index in [1.165, 1.54) is 12.1 Å². The zero-order valence-electron chi connectivity index (χ0n) is 12.7. The Morgan fingerprint density at radius 1 is 1.09 bits per heavy atom. The van der Waals surface area contributed by atoms with Crippen molar-refractivity contribution in [2.45, 2.75) is 11.0 Å². The molecule has 3 rings (SSSR count). The Bertz CT molecular complexity index is 917. The molecule has 3 aromatic rings. The summed E-state index contributed by atoms with van der Waals surface area (Å²) in [4.78, 5) is 0.185. The molecule has 0 aliphatic heterocycles. The highest BCUT2D eigenvalue weighted by molar-refractivity contribution is 7.89. The van der Waals surface area contributed by atoms with Crippen molar-refractivity contribution in [2.24, 2.45) is 7.05 Å². The van der Waals surface area contributed by atoms with E-state index in [1.54, 1.807) is 18.2 Å². The van der Waals surface area contributed by atoms with E-state index in [4.69, 9.17) is 0 Å². The minimum atomic E-state index is -3.63. The molecule has 0 amide bonds. The molecule has 1 aromatic heterocycles. The second-order valence-corrected chi connectivity index (χ2v) is 7.16. The number of fused-ring (bicyclic) bond motifs is 1. The smallest absolute Gasteiger partial charge is 0.240 e. The van der Waals surface area contributed by atoms with E-state index in [9.17, 15) is 13.5 Å². The predicted octanol–water partition coefficient (Wildman–Crippen LogP) is 2.19. The summed E-state index contributed by atoms with van der Waals surface area (Å²) >= 11 is 0. The van der Waals surface area contributed by atoms with Gasteiger partial charge in [-0.3, -0.25) is 0 Å². The van der Waals surface area contributed by atoms with Crippen LogP contribution in [0.25, 0.3) is 10.9 Å². The van der Waals surface area contributed by atoms with Crippen LogP contribution in [0.1, 0.15) is 11.7 Å². The van der Waals surface area contributed by atoms with E-state index < -0.39 is 16.1 Å². The lowest BCUT2D eigenvalue weighted by Gasteiger charge is -2.12. The quantitative estimate of drug-likeness (QED) is 0.753. The summed E-state index contributed by atoms with van der Waals surface area (Å²) in [7, 11) is -1.73. The van der Waals surface area contributed by atoms with Gasteiger partial charge in [0.25, 0.3) is 0 Å². The van der Waals surface area contributed by atoms with E-state index >= 15 is 0 Å². The second kappa shape index (κ2) is 6.16. The van der Waals surface area contributed by atoms with Gasteiger partial charge in [0, 0.05) is 36.3 Å². The number of nitrogens with zero attached hydrogens (tertiary/aromatic N) is 1. The maximum Gasteiger partial charge on any atom is 0.240 e. The zero-order valence-corrected chi connectivity index (χ0v) is 13.5. The van der Waals surface area contributed by atoms with Crippen molar-refractivity contribution in [3.8, 4) is 0 Å². The van der Waals surface area contributed by atoms with Crippen molar-refractivity contribution in [3.63, 3.8) is 0 Å². The molecule has 2 N–H and O–H groups in total. The first kappa shape index (κ1) is 15.7. The van der Waals surface area contributed by atoms with Gasteiger partial charge in [0.05, 0.1) is 11.0 Å². The van der Waals surface area contributed by atoms with Crippen molar-refractivity contribution < 1.29 is 13.5 Å². The summed E-state index contributed by atoms with van der Waals surface area (Å²) < 4.78 is 28.8. The SMILES string of the molecule is Cn1cc(C(O)CNS(=O)(=O)c2ccccc2)c2ccccc21. The van der Waals surface area contributed by atoms with Gasteiger partial charge >= 0.3 is 0 Å². The van der Waals surface area contributed by atoms with E-state index in [0.717, 1.165) is 10.9 Å². The van der Waals surface area contributed by atoms with Gasteiger partial charge in [-0.25, -0.2) is 13.1 Å². The number of aryl methyl sites for hydroxylation is 1. The third-order valence-corrected chi connectivity index (χ3v) is 5.25. The normalized spacial score (nSPS) is 13.3. The lowest BCUT2D eigenvalue weighted by molar-refractivity contribution is 0.183. The van der Waals surface area contributed by atoms with Crippen molar-refractivity contribution in [3.05, 3.63) is 66.4 Å². The first-order valence-electron chi connectivity index (χ1n) is 7.26. The molecule has 1 atom stereocenters. The number of hydrogen-bond acceptors (Lipinski definition) is 3. The van der Waals surface area contributed by atoms with Gasteiger partial charge in [-0.2, -0.15) is 0 Å². The fraction of sp³-hybridized carbons (Fsp3) is 0.176. The molecule has 2 aromatic carbocycles. The highest BCUT2D eigenvalue weighted by atomic mass is 32.2. The van der Waals surface area contributed by atoms with Crippen LogP contribution in [0.5, 0.6) is 0 Å². The summed E-state index contributed by atoms with van der Waals surface area (Å²) in [5.41, 5.74) is 1.70.